The lowest BCUT2D eigenvalue weighted by Gasteiger charge is -2.38. The number of imidazole rings is 1. The van der Waals surface area contributed by atoms with Crippen LogP contribution in [0.2, 0.25) is 0 Å². The van der Waals surface area contributed by atoms with E-state index in [0.29, 0.717) is 5.59 Å². The normalized spacial score (nSPS) is 27.0. The molecule has 1 atom stereocenters. The van der Waals surface area contributed by atoms with Crippen molar-refractivity contribution in [1.82, 2.24) is 14.6 Å². The molecular formula is C12H13BN4O. The van der Waals surface area contributed by atoms with Crippen LogP contribution < -0.4 is 10.5 Å². The zero-order valence-corrected chi connectivity index (χ0v) is 10.0. The van der Waals surface area contributed by atoms with E-state index in [4.69, 9.17) is 12.6 Å². The van der Waals surface area contributed by atoms with E-state index in [1.807, 2.05) is 12.1 Å². The van der Waals surface area contributed by atoms with Gasteiger partial charge < -0.3 is 9.64 Å². The highest BCUT2D eigenvalue weighted by Crippen LogP contribution is 2.37. The SMILES string of the molecule is [B]c1cnc2ccc(N3CCC4(CCO4)C3)nn12. The van der Waals surface area contributed by atoms with Crippen molar-refractivity contribution in [3.05, 3.63) is 18.3 Å². The summed E-state index contributed by atoms with van der Waals surface area (Å²) in [5, 5.41) is 4.54. The minimum Gasteiger partial charge on any atom is -0.373 e. The van der Waals surface area contributed by atoms with Gasteiger partial charge in [-0.15, -0.1) is 5.10 Å². The van der Waals surface area contributed by atoms with Gasteiger partial charge in [0.15, 0.2) is 5.65 Å². The Bertz CT molecular complexity index is 607. The first-order valence-electron chi connectivity index (χ1n) is 6.25. The van der Waals surface area contributed by atoms with Crippen molar-refractivity contribution in [2.45, 2.75) is 18.4 Å². The Balaban J connectivity index is 1.68. The number of nitrogens with zero attached hydrogens (tertiary/aromatic N) is 4. The number of hydrogen-bond donors (Lipinski definition) is 0. The quantitative estimate of drug-likeness (QED) is 0.652. The van der Waals surface area contributed by atoms with Gasteiger partial charge >= 0.3 is 0 Å². The van der Waals surface area contributed by atoms with Gasteiger partial charge in [0, 0.05) is 31.3 Å². The monoisotopic (exact) mass is 240 g/mol. The van der Waals surface area contributed by atoms with Crippen molar-refractivity contribution >= 4 is 24.9 Å². The maximum atomic E-state index is 5.83. The zero-order chi connectivity index (χ0) is 12.2. The predicted molar refractivity (Wildman–Crippen MR) is 68.5 cm³/mol. The standard InChI is InChI=1S/C12H13BN4O/c13-9-7-14-10-1-2-11(15-17(9)10)16-5-3-12(8-16)4-6-18-12/h1-2,7H,3-6,8H2. The van der Waals surface area contributed by atoms with Crippen LogP contribution in [0.5, 0.6) is 0 Å². The number of ether oxygens (including phenoxy) is 1. The second-order valence-electron chi connectivity index (χ2n) is 5.10. The van der Waals surface area contributed by atoms with Crippen molar-refractivity contribution < 1.29 is 4.74 Å². The molecular weight excluding hydrogens is 227 g/mol. The van der Waals surface area contributed by atoms with Gasteiger partial charge in [0.05, 0.1) is 12.2 Å². The number of hydrogen-bond acceptors (Lipinski definition) is 4. The summed E-state index contributed by atoms with van der Waals surface area (Å²) in [6.45, 7) is 2.82. The fourth-order valence-electron chi connectivity index (χ4n) is 2.80. The molecule has 0 aromatic carbocycles. The Hall–Kier alpha value is -1.56. The van der Waals surface area contributed by atoms with Crippen LogP contribution >= 0.6 is 0 Å². The van der Waals surface area contributed by atoms with Gasteiger partial charge in [-0.25, -0.2) is 9.50 Å². The zero-order valence-electron chi connectivity index (χ0n) is 10.0. The number of anilines is 1. The molecule has 4 heterocycles. The molecule has 6 heteroatoms. The maximum absolute atomic E-state index is 5.83. The van der Waals surface area contributed by atoms with E-state index in [9.17, 15) is 0 Å². The lowest BCUT2D eigenvalue weighted by Crippen LogP contribution is -2.46. The van der Waals surface area contributed by atoms with Crippen LogP contribution in [0, 0.1) is 0 Å². The van der Waals surface area contributed by atoms with E-state index in [0.717, 1.165) is 37.6 Å². The Morgan fingerprint density at radius 1 is 1.33 bits per heavy atom. The first-order valence-corrected chi connectivity index (χ1v) is 6.25. The molecule has 0 N–H and O–H groups in total. The molecule has 1 unspecified atom stereocenters. The summed E-state index contributed by atoms with van der Waals surface area (Å²) in [4.78, 5) is 6.44. The van der Waals surface area contributed by atoms with Crippen molar-refractivity contribution in [1.29, 1.82) is 0 Å². The smallest absolute Gasteiger partial charge is 0.152 e. The Labute approximate surface area is 106 Å². The van der Waals surface area contributed by atoms with Crippen LogP contribution in [-0.4, -0.2) is 47.7 Å². The topological polar surface area (TPSA) is 42.7 Å². The predicted octanol–water partition coefficient (Wildman–Crippen LogP) is -0.108. The first-order chi connectivity index (χ1) is 8.76. The maximum Gasteiger partial charge on any atom is 0.152 e. The van der Waals surface area contributed by atoms with Gasteiger partial charge in [-0.3, -0.25) is 0 Å². The third kappa shape index (κ3) is 1.38. The molecule has 1 spiro atoms. The van der Waals surface area contributed by atoms with Crippen molar-refractivity contribution in [2.24, 2.45) is 0 Å². The third-order valence-corrected chi connectivity index (χ3v) is 3.98. The van der Waals surface area contributed by atoms with E-state index in [-0.39, 0.29) is 5.60 Å². The summed E-state index contributed by atoms with van der Waals surface area (Å²) in [5.41, 5.74) is 1.45. The van der Waals surface area contributed by atoms with E-state index in [2.05, 4.69) is 15.0 Å². The molecule has 90 valence electrons. The molecule has 0 bridgehead atoms. The Morgan fingerprint density at radius 2 is 2.22 bits per heavy atom. The summed E-state index contributed by atoms with van der Waals surface area (Å²) in [6, 6.07) is 3.95. The third-order valence-electron chi connectivity index (χ3n) is 3.98. The lowest BCUT2D eigenvalue weighted by atomic mass is 9.94. The molecule has 0 aliphatic carbocycles. The highest BCUT2D eigenvalue weighted by molar-refractivity contribution is 6.30. The Morgan fingerprint density at radius 3 is 2.94 bits per heavy atom. The molecule has 2 aliphatic heterocycles. The minimum absolute atomic E-state index is 0.0944. The summed E-state index contributed by atoms with van der Waals surface area (Å²) in [7, 11) is 5.83. The Kier molecular flexibility index (Phi) is 2.00. The minimum atomic E-state index is 0.0944. The second kappa shape index (κ2) is 3.48. The van der Waals surface area contributed by atoms with Gasteiger partial charge in [-0.2, -0.15) is 0 Å². The van der Waals surface area contributed by atoms with Gasteiger partial charge in [-0.1, -0.05) is 0 Å². The van der Waals surface area contributed by atoms with Gasteiger partial charge in [-0.05, 0) is 18.6 Å². The largest absolute Gasteiger partial charge is 0.373 e. The van der Waals surface area contributed by atoms with Gasteiger partial charge in [0.25, 0.3) is 0 Å². The van der Waals surface area contributed by atoms with Crippen LogP contribution in [0.3, 0.4) is 0 Å². The average Bonchev–Trinajstić information content (AvgIpc) is 2.93. The van der Waals surface area contributed by atoms with Crippen molar-refractivity contribution in [2.75, 3.05) is 24.6 Å². The van der Waals surface area contributed by atoms with Gasteiger partial charge in [0.2, 0.25) is 0 Å². The van der Waals surface area contributed by atoms with Crippen molar-refractivity contribution in [3.8, 4) is 0 Å². The number of rotatable bonds is 1. The summed E-state index contributed by atoms with van der Waals surface area (Å²) < 4.78 is 7.40. The molecule has 0 saturated carbocycles. The fraction of sp³-hybridized carbons (Fsp3) is 0.500. The fourth-order valence-corrected chi connectivity index (χ4v) is 2.80. The molecule has 4 rings (SSSR count). The van der Waals surface area contributed by atoms with Gasteiger partial charge in [0.1, 0.15) is 13.7 Å². The molecule has 2 radical (unpaired) electrons. The molecule has 2 fully saturated rings. The molecule has 2 aromatic heterocycles. The summed E-state index contributed by atoms with van der Waals surface area (Å²) in [6.07, 6.45) is 3.89. The second-order valence-corrected chi connectivity index (χ2v) is 5.10. The van der Waals surface area contributed by atoms with E-state index in [1.54, 1.807) is 10.7 Å². The lowest BCUT2D eigenvalue weighted by molar-refractivity contribution is -0.130. The van der Waals surface area contributed by atoms with Crippen LogP contribution in [0.25, 0.3) is 5.65 Å². The molecule has 18 heavy (non-hydrogen) atoms. The molecule has 2 saturated heterocycles. The molecule has 2 aromatic rings. The van der Waals surface area contributed by atoms with Crippen molar-refractivity contribution in [3.63, 3.8) is 0 Å². The van der Waals surface area contributed by atoms with Crippen LogP contribution in [0.15, 0.2) is 18.3 Å². The van der Waals surface area contributed by atoms with Crippen LogP contribution in [0.4, 0.5) is 5.82 Å². The summed E-state index contributed by atoms with van der Waals surface area (Å²) in [5.74, 6) is 0.944. The molecule has 5 nitrogen and oxygen atoms in total. The number of aromatic nitrogens is 3. The molecule has 2 aliphatic rings. The summed E-state index contributed by atoms with van der Waals surface area (Å²) >= 11 is 0. The van der Waals surface area contributed by atoms with E-state index < -0.39 is 0 Å². The van der Waals surface area contributed by atoms with E-state index >= 15 is 0 Å². The highest BCUT2D eigenvalue weighted by Gasteiger charge is 2.44. The van der Waals surface area contributed by atoms with E-state index in [1.165, 1.54) is 6.42 Å². The highest BCUT2D eigenvalue weighted by atomic mass is 16.5. The molecule has 0 amide bonds. The van der Waals surface area contributed by atoms with Crippen LogP contribution in [0.1, 0.15) is 12.8 Å². The van der Waals surface area contributed by atoms with Crippen LogP contribution in [-0.2, 0) is 4.74 Å². The number of fused-ring (bicyclic) bond motifs is 1. The first kappa shape index (κ1) is 10.4. The average molecular weight is 240 g/mol.